The van der Waals surface area contributed by atoms with Gasteiger partial charge in [-0.3, -0.25) is 14.9 Å². The molecule has 0 aromatic heterocycles. The van der Waals surface area contributed by atoms with Crippen molar-refractivity contribution in [2.45, 2.75) is 13.3 Å². The Labute approximate surface area is 113 Å². The molecule has 98 valence electrons. The van der Waals surface area contributed by atoms with Crippen LogP contribution in [0, 0.1) is 16.0 Å². The fourth-order valence-corrected chi connectivity index (χ4v) is 1.67. The Kier molecular flexibility index (Phi) is 5.24. The smallest absolute Gasteiger partial charge is 0.271 e. The molecule has 1 aromatic carbocycles. The summed E-state index contributed by atoms with van der Waals surface area (Å²) in [5, 5.41) is 13.3. The van der Waals surface area contributed by atoms with Gasteiger partial charge in [0, 0.05) is 23.0 Å². The van der Waals surface area contributed by atoms with Crippen molar-refractivity contribution in [2.24, 2.45) is 11.7 Å². The van der Waals surface area contributed by atoms with Crippen LogP contribution in [0.4, 0.5) is 11.4 Å². The van der Waals surface area contributed by atoms with Crippen LogP contribution in [-0.2, 0) is 4.79 Å². The summed E-state index contributed by atoms with van der Waals surface area (Å²) < 4.78 is 0.599. The molecule has 3 N–H and O–H groups in total. The van der Waals surface area contributed by atoms with Gasteiger partial charge in [0.15, 0.2) is 0 Å². The minimum atomic E-state index is -0.509. The van der Waals surface area contributed by atoms with E-state index in [4.69, 9.17) is 5.73 Å². The summed E-state index contributed by atoms with van der Waals surface area (Å²) in [5.74, 6) is -0.142. The van der Waals surface area contributed by atoms with E-state index in [2.05, 4.69) is 21.2 Å². The summed E-state index contributed by atoms with van der Waals surface area (Å²) in [6.45, 7) is 2.28. The number of nitrogens with two attached hydrogens (primary N) is 1. The first-order chi connectivity index (χ1) is 8.43. The zero-order valence-electron chi connectivity index (χ0n) is 9.85. The van der Waals surface area contributed by atoms with E-state index in [1.807, 2.05) is 6.92 Å². The number of carbonyl (C=O) groups excluding carboxylic acids is 1. The zero-order valence-corrected chi connectivity index (χ0v) is 11.4. The second-order valence-corrected chi connectivity index (χ2v) is 4.87. The Morgan fingerprint density at radius 1 is 1.61 bits per heavy atom. The molecule has 0 bridgehead atoms. The van der Waals surface area contributed by atoms with Gasteiger partial charge in [-0.15, -0.1) is 0 Å². The molecule has 0 aliphatic carbocycles. The Balaban J connectivity index is 2.80. The number of hydrogen-bond donors (Lipinski definition) is 2. The second kappa shape index (κ2) is 6.46. The van der Waals surface area contributed by atoms with Crippen LogP contribution in [0.25, 0.3) is 0 Å². The van der Waals surface area contributed by atoms with Crippen molar-refractivity contribution in [3.05, 3.63) is 32.8 Å². The van der Waals surface area contributed by atoms with E-state index in [1.165, 1.54) is 18.2 Å². The molecule has 1 rings (SSSR count). The van der Waals surface area contributed by atoms with Crippen molar-refractivity contribution in [1.82, 2.24) is 0 Å². The molecular formula is C11H14BrN3O3. The summed E-state index contributed by atoms with van der Waals surface area (Å²) in [4.78, 5) is 21.8. The van der Waals surface area contributed by atoms with Crippen LogP contribution in [0.1, 0.15) is 13.3 Å². The minimum absolute atomic E-state index is 0.0691. The van der Waals surface area contributed by atoms with Gasteiger partial charge in [-0.2, -0.15) is 0 Å². The first-order valence-corrected chi connectivity index (χ1v) is 6.17. The Morgan fingerprint density at radius 2 is 2.28 bits per heavy atom. The number of amides is 1. The van der Waals surface area contributed by atoms with Gasteiger partial charge >= 0.3 is 0 Å². The lowest BCUT2D eigenvalue weighted by Crippen LogP contribution is -2.20. The number of benzene rings is 1. The minimum Gasteiger partial charge on any atom is -0.330 e. The highest BCUT2D eigenvalue weighted by Gasteiger charge is 2.13. The highest BCUT2D eigenvalue weighted by atomic mass is 79.9. The predicted molar refractivity (Wildman–Crippen MR) is 72.3 cm³/mol. The third-order valence-corrected chi connectivity index (χ3v) is 3.06. The quantitative estimate of drug-likeness (QED) is 0.643. The van der Waals surface area contributed by atoms with Crippen molar-refractivity contribution in [3.63, 3.8) is 0 Å². The molecule has 0 saturated carbocycles. The van der Waals surface area contributed by atoms with Gasteiger partial charge in [-0.05, 0) is 34.5 Å². The van der Waals surface area contributed by atoms with Crippen molar-refractivity contribution in [2.75, 3.05) is 11.9 Å². The van der Waals surface area contributed by atoms with Crippen LogP contribution < -0.4 is 11.1 Å². The number of carbonyl (C=O) groups is 1. The fourth-order valence-electron chi connectivity index (χ4n) is 1.32. The molecule has 1 atom stereocenters. The van der Waals surface area contributed by atoms with E-state index in [1.54, 1.807) is 0 Å². The molecule has 0 radical (unpaired) electrons. The largest absolute Gasteiger partial charge is 0.330 e. The first-order valence-electron chi connectivity index (χ1n) is 5.38. The lowest BCUT2D eigenvalue weighted by molar-refractivity contribution is -0.384. The Bertz CT molecular complexity index is 465. The molecule has 1 amide bonds. The highest BCUT2D eigenvalue weighted by molar-refractivity contribution is 9.10. The maximum Gasteiger partial charge on any atom is 0.271 e. The Hall–Kier alpha value is -1.47. The Morgan fingerprint density at radius 3 is 2.83 bits per heavy atom. The molecule has 0 aliphatic rings. The number of nitrogens with zero attached hydrogens (tertiary/aromatic N) is 1. The number of nitro groups is 1. The number of nitro benzene ring substituents is 1. The standard InChI is InChI=1S/C11H14BrN3O3/c1-7(6-13)4-11(16)14-10-5-8(15(17)18)2-3-9(10)12/h2-3,5,7H,4,6,13H2,1H3,(H,14,16). The molecule has 0 spiro atoms. The van der Waals surface area contributed by atoms with Crippen LogP contribution in [0.15, 0.2) is 22.7 Å². The number of nitrogens with one attached hydrogen (secondary N) is 1. The molecule has 1 aromatic rings. The molecule has 0 heterocycles. The van der Waals surface area contributed by atoms with Crippen LogP contribution in [-0.4, -0.2) is 17.4 Å². The third kappa shape index (κ3) is 4.08. The number of rotatable bonds is 5. The number of anilines is 1. The van der Waals surface area contributed by atoms with Gasteiger partial charge in [0.2, 0.25) is 5.91 Å². The maximum atomic E-state index is 11.7. The van der Waals surface area contributed by atoms with Gasteiger partial charge in [0.1, 0.15) is 0 Å². The summed E-state index contributed by atoms with van der Waals surface area (Å²) in [6, 6.07) is 4.21. The van der Waals surface area contributed by atoms with Crippen molar-refractivity contribution in [1.29, 1.82) is 0 Å². The molecule has 6 nitrogen and oxygen atoms in total. The summed E-state index contributed by atoms with van der Waals surface area (Å²) in [5.41, 5.74) is 5.75. The topological polar surface area (TPSA) is 98.3 Å². The number of non-ortho nitro benzene ring substituents is 1. The van der Waals surface area contributed by atoms with Gasteiger partial charge in [0.25, 0.3) is 5.69 Å². The van der Waals surface area contributed by atoms with Gasteiger partial charge in [0.05, 0.1) is 10.6 Å². The molecular weight excluding hydrogens is 302 g/mol. The lowest BCUT2D eigenvalue weighted by Gasteiger charge is -2.10. The van der Waals surface area contributed by atoms with E-state index >= 15 is 0 Å². The summed E-state index contributed by atoms with van der Waals surface area (Å²) >= 11 is 3.23. The normalized spacial score (nSPS) is 11.9. The van der Waals surface area contributed by atoms with Gasteiger partial charge in [-0.25, -0.2) is 0 Å². The average molecular weight is 316 g/mol. The fraction of sp³-hybridized carbons (Fsp3) is 0.364. The van der Waals surface area contributed by atoms with Crippen LogP contribution in [0.5, 0.6) is 0 Å². The first kappa shape index (κ1) is 14.6. The van der Waals surface area contributed by atoms with E-state index in [-0.39, 0.29) is 23.9 Å². The summed E-state index contributed by atoms with van der Waals surface area (Å²) in [6.07, 6.45) is 0.283. The monoisotopic (exact) mass is 315 g/mol. The highest BCUT2D eigenvalue weighted by Crippen LogP contribution is 2.27. The summed E-state index contributed by atoms with van der Waals surface area (Å²) in [7, 11) is 0. The van der Waals surface area contributed by atoms with E-state index in [0.717, 1.165) is 0 Å². The molecule has 18 heavy (non-hydrogen) atoms. The maximum absolute atomic E-state index is 11.7. The zero-order chi connectivity index (χ0) is 13.7. The number of hydrogen-bond acceptors (Lipinski definition) is 4. The molecule has 1 unspecified atom stereocenters. The van der Waals surface area contributed by atoms with E-state index in [0.29, 0.717) is 16.7 Å². The molecule has 0 saturated heterocycles. The van der Waals surface area contributed by atoms with Crippen molar-refractivity contribution >= 4 is 33.2 Å². The van der Waals surface area contributed by atoms with E-state index in [9.17, 15) is 14.9 Å². The molecule has 0 fully saturated rings. The van der Waals surface area contributed by atoms with Gasteiger partial charge < -0.3 is 11.1 Å². The van der Waals surface area contributed by atoms with Gasteiger partial charge in [-0.1, -0.05) is 6.92 Å². The van der Waals surface area contributed by atoms with Crippen molar-refractivity contribution < 1.29 is 9.72 Å². The van der Waals surface area contributed by atoms with Crippen LogP contribution in [0.2, 0.25) is 0 Å². The molecule has 7 heteroatoms. The van der Waals surface area contributed by atoms with Crippen LogP contribution in [0.3, 0.4) is 0 Å². The molecule has 0 aliphatic heterocycles. The van der Waals surface area contributed by atoms with Crippen LogP contribution >= 0.6 is 15.9 Å². The second-order valence-electron chi connectivity index (χ2n) is 4.01. The van der Waals surface area contributed by atoms with Crippen molar-refractivity contribution in [3.8, 4) is 0 Å². The van der Waals surface area contributed by atoms with E-state index < -0.39 is 4.92 Å². The SMILES string of the molecule is CC(CN)CC(=O)Nc1cc([N+](=O)[O-])ccc1Br. The predicted octanol–water partition coefficient (Wildman–Crippen LogP) is 2.28. The number of halogens is 1. The lowest BCUT2D eigenvalue weighted by atomic mass is 10.1. The average Bonchev–Trinajstić information content (AvgIpc) is 2.31. The third-order valence-electron chi connectivity index (χ3n) is 2.37.